The predicted octanol–water partition coefficient (Wildman–Crippen LogP) is 2.51. The van der Waals surface area contributed by atoms with Crippen LogP contribution >= 0.6 is 11.6 Å². The van der Waals surface area contributed by atoms with E-state index in [1.807, 2.05) is 0 Å². The third kappa shape index (κ3) is 4.42. The summed E-state index contributed by atoms with van der Waals surface area (Å²) in [5.74, 6) is -3.07. The highest BCUT2D eigenvalue weighted by molar-refractivity contribution is 6.33. The van der Waals surface area contributed by atoms with Gasteiger partial charge in [0.2, 0.25) is 11.8 Å². The first-order chi connectivity index (χ1) is 13.9. The van der Waals surface area contributed by atoms with Crippen LogP contribution in [0.1, 0.15) is 49.4 Å². The van der Waals surface area contributed by atoms with Gasteiger partial charge in [0.25, 0.3) is 5.91 Å². The van der Waals surface area contributed by atoms with Crippen molar-refractivity contribution < 1.29 is 19.2 Å². The van der Waals surface area contributed by atoms with E-state index in [1.165, 1.54) is 6.08 Å². The molecule has 0 radical (unpaired) electrons. The number of imide groups is 2. The molecule has 3 N–H and O–H groups in total. The van der Waals surface area contributed by atoms with Crippen molar-refractivity contribution in [1.29, 1.82) is 0 Å². The van der Waals surface area contributed by atoms with E-state index in [0.29, 0.717) is 0 Å². The van der Waals surface area contributed by atoms with Crippen LogP contribution in [0.4, 0.5) is 4.79 Å². The summed E-state index contributed by atoms with van der Waals surface area (Å²) >= 11 is 6.02. The molecule has 154 valence electrons. The van der Waals surface area contributed by atoms with Gasteiger partial charge in [-0.25, -0.2) is 4.79 Å². The summed E-state index contributed by atoms with van der Waals surface area (Å²) in [6, 6.07) is 5.60. The number of barbiturate groups is 1. The fourth-order valence-electron chi connectivity index (χ4n) is 3.70. The molecule has 2 fully saturated rings. The summed E-state index contributed by atoms with van der Waals surface area (Å²) in [5, 5.41) is 2.54. The average Bonchev–Trinajstić information content (AvgIpc) is 2.71. The summed E-state index contributed by atoms with van der Waals surface area (Å²) in [7, 11) is 0. The minimum Gasteiger partial charge on any atom is -0.301 e. The molecule has 1 aliphatic heterocycles. The maximum absolute atomic E-state index is 13.0. The van der Waals surface area contributed by atoms with Crippen LogP contribution in [0.2, 0.25) is 5.02 Å². The van der Waals surface area contributed by atoms with Gasteiger partial charge < -0.3 is 5.43 Å². The van der Waals surface area contributed by atoms with Crippen molar-refractivity contribution in [1.82, 2.24) is 21.1 Å². The molecular formula is C20H23ClN4O4. The first-order valence-corrected chi connectivity index (χ1v) is 9.96. The third-order valence-electron chi connectivity index (χ3n) is 5.20. The van der Waals surface area contributed by atoms with E-state index >= 15 is 0 Å². The van der Waals surface area contributed by atoms with E-state index in [4.69, 9.17) is 11.6 Å². The van der Waals surface area contributed by atoms with E-state index in [0.717, 1.165) is 37.0 Å². The van der Waals surface area contributed by atoms with Gasteiger partial charge in [-0.2, -0.15) is 0 Å². The second kappa shape index (κ2) is 9.09. The Morgan fingerprint density at radius 3 is 2.48 bits per heavy atom. The molecule has 0 aromatic heterocycles. The molecule has 0 spiro atoms. The van der Waals surface area contributed by atoms with Crippen molar-refractivity contribution in [2.45, 2.75) is 45.1 Å². The molecule has 1 aromatic rings. The molecule has 0 bridgehead atoms. The Bertz CT molecular complexity index is 864. The SMILES string of the molecule is C/C=C(/NNC(=O)c1ccccc1Cl)[C@H]1C(=O)NC(=O)N(C2CCCCC2)C1=O. The number of carbonyl (C=O) groups is 4. The smallest absolute Gasteiger partial charge is 0.301 e. The second-order valence-corrected chi connectivity index (χ2v) is 7.44. The number of allylic oxidation sites excluding steroid dienone is 1. The number of urea groups is 1. The highest BCUT2D eigenvalue weighted by Crippen LogP contribution is 2.27. The Morgan fingerprint density at radius 2 is 1.83 bits per heavy atom. The summed E-state index contributed by atoms with van der Waals surface area (Å²) in [6.07, 6.45) is 5.90. The molecule has 1 saturated heterocycles. The van der Waals surface area contributed by atoms with Crippen molar-refractivity contribution in [2.24, 2.45) is 5.92 Å². The molecule has 1 heterocycles. The van der Waals surface area contributed by atoms with Gasteiger partial charge in [-0.15, -0.1) is 0 Å². The first-order valence-electron chi connectivity index (χ1n) is 9.59. The molecule has 29 heavy (non-hydrogen) atoms. The number of nitrogens with one attached hydrogen (secondary N) is 3. The lowest BCUT2D eigenvalue weighted by atomic mass is 9.91. The lowest BCUT2D eigenvalue weighted by Crippen LogP contribution is -2.62. The molecule has 9 heteroatoms. The Balaban J connectivity index is 1.74. The predicted molar refractivity (Wildman–Crippen MR) is 107 cm³/mol. The molecule has 1 aromatic carbocycles. The quantitative estimate of drug-likeness (QED) is 0.503. The van der Waals surface area contributed by atoms with Gasteiger partial charge >= 0.3 is 6.03 Å². The Hall–Kier alpha value is -2.87. The van der Waals surface area contributed by atoms with Crippen molar-refractivity contribution in [3.63, 3.8) is 0 Å². The molecule has 3 rings (SSSR count). The summed E-state index contributed by atoms with van der Waals surface area (Å²) in [4.78, 5) is 51.3. The van der Waals surface area contributed by atoms with E-state index in [9.17, 15) is 19.2 Å². The van der Waals surface area contributed by atoms with E-state index < -0.39 is 29.7 Å². The number of nitrogens with zero attached hydrogens (tertiary/aromatic N) is 1. The fourth-order valence-corrected chi connectivity index (χ4v) is 3.92. The molecule has 1 aliphatic carbocycles. The van der Waals surface area contributed by atoms with E-state index in [2.05, 4.69) is 16.2 Å². The standard InChI is InChI=1S/C20H23ClN4O4/c1-2-15(23-24-17(26)13-10-6-7-11-14(13)21)16-18(27)22-20(29)25(19(16)28)12-8-4-3-5-9-12/h2,6-7,10-12,16,23H,3-5,8-9H2,1H3,(H,24,26)(H,22,27,29)/b15-2+/t16-/m0/s1. The lowest BCUT2D eigenvalue weighted by Gasteiger charge is -2.38. The van der Waals surface area contributed by atoms with Gasteiger partial charge in [0, 0.05) is 11.7 Å². The molecule has 8 nitrogen and oxygen atoms in total. The maximum atomic E-state index is 13.0. The number of hydrazine groups is 1. The second-order valence-electron chi connectivity index (χ2n) is 7.03. The van der Waals surface area contributed by atoms with Gasteiger partial charge in [0.15, 0.2) is 5.92 Å². The van der Waals surface area contributed by atoms with Crippen molar-refractivity contribution in [3.05, 3.63) is 46.6 Å². The molecule has 1 atom stereocenters. The number of hydrogen-bond donors (Lipinski definition) is 3. The topological polar surface area (TPSA) is 108 Å². The zero-order chi connectivity index (χ0) is 21.0. The number of halogens is 1. The molecule has 1 saturated carbocycles. The molecule has 5 amide bonds. The molecule has 2 aliphatic rings. The number of benzene rings is 1. The van der Waals surface area contributed by atoms with Gasteiger partial charge in [-0.3, -0.25) is 30.0 Å². The van der Waals surface area contributed by atoms with E-state index in [-0.39, 0.29) is 22.3 Å². The van der Waals surface area contributed by atoms with Crippen LogP contribution < -0.4 is 16.2 Å². The Kier molecular flexibility index (Phi) is 6.53. The number of carbonyl (C=O) groups excluding carboxylic acids is 4. The number of rotatable bonds is 5. The largest absolute Gasteiger partial charge is 0.331 e. The van der Waals surface area contributed by atoms with Crippen LogP contribution in [-0.4, -0.2) is 34.7 Å². The Labute approximate surface area is 173 Å². The Morgan fingerprint density at radius 1 is 1.14 bits per heavy atom. The summed E-state index contributed by atoms with van der Waals surface area (Å²) < 4.78 is 0. The summed E-state index contributed by atoms with van der Waals surface area (Å²) in [6.45, 7) is 1.63. The highest BCUT2D eigenvalue weighted by Gasteiger charge is 2.45. The van der Waals surface area contributed by atoms with Crippen LogP contribution in [-0.2, 0) is 9.59 Å². The zero-order valence-electron chi connectivity index (χ0n) is 16.0. The van der Waals surface area contributed by atoms with Crippen LogP contribution in [0.5, 0.6) is 0 Å². The van der Waals surface area contributed by atoms with Gasteiger partial charge in [0.1, 0.15) is 0 Å². The first kappa shape index (κ1) is 20.9. The van der Waals surface area contributed by atoms with Gasteiger partial charge in [-0.1, -0.05) is 49.1 Å². The van der Waals surface area contributed by atoms with Crippen LogP contribution in [0.25, 0.3) is 0 Å². The third-order valence-corrected chi connectivity index (χ3v) is 5.53. The normalized spacial score (nSPS) is 21.0. The lowest BCUT2D eigenvalue weighted by molar-refractivity contribution is -0.143. The molecular weight excluding hydrogens is 396 g/mol. The number of amides is 5. The van der Waals surface area contributed by atoms with Crippen LogP contribution in [0.3, 0.4) is 0 Å². The van der Waals surface area contributed by atoms with Crippen molar-refractivity contribution >= 4 is 35.4 Å². The zero-order valence-corrected chi connectivity index (χ0v) is 16.8. The van der Waals surface area contributed by atoms with Crippen molar-refractivity contribution in [3.8, 4) is 0 Å². The summed E-state index contributed by atoms with van der Waals surface area (Å²) in [5.41, 5.74) is 5.53. The minimum atomic E-state index is -1.24. The van der Waals surface area contributed by atoms with Gasteiger partial charge in [-0.05, 0) is 31.9 Å². The van der Waals surface area contributed by atoms with Gasteiger partial charge in [0.05, 0.1) is 10.6 Å². The van der Waals surface area contributed by atoms with Crippen molar-refractivity contribution in [2.75, 3.05) is 0 Å². The molecule has 0 unspecified atom stereocenters. The van der Waals surface area contributed by atoms with Crippen LogP contribution in [0, 0.1) is 5.92 Å². The fraction of sp³-hybridized carbons (Fsp3) is 0.400. The maximum Gasteiger partial charge on any atom is 0.331 e. The monoisotopic (exact) mass is 418 g/mol. The van der Waals surface area contributed by atoms with Crippen LogP contribution in [0.15, 0.2) is 36.0 Å². The van der Waals surface area contributed by atoms with E-state index in [1.54, 1.807) is 31.2 Å². The highest BCUT2D eigenvalue weighted by atomic mass is 35.5. The minimum absolute atomic E-state index is 0.182. The number of hydrogen-bond acceptors (Lipinski definition) is 5. The average molecular weight is 419 g/mol.